The molecule has 0 saturated carbocycles. The molecule has 30 heavy (non-hydrogen) atoms. The number of hydrogen-bond donors (Lipinski definition) is 3. The molecule has 2 heterocycles. The Kier molecular flexibility index (Phi) is 9.11. The van der Waals surface area contributed by atoms with Crippen LogP contribution >= 0.6 is 0 Å². The number of likely N-dealkylation sites (tertiary alicyclic amines) is 1. The van der Waals surface area contributed by atoms with E-state index in [1.807, 2.05) is 35.4 Å². The van der Waals surface area contributed by atoms with Crippen LogP contribution in [0, 0.1) is 0 Å². The van der Waals surface area contributed by atoms with Gasteiger partial charge in [0.05, 0.1) is 12.9 Å². The molecule has 0 spiro atoms. The van der Waals surface area contributed by atoms with Gasteiger partial charge in [-0.1, -0.05) is 0 Å². The highest BCUT2D eigenvalue weighted by molar-refractivity contribution is 5.94. The smallest absolute Gasteiger partial charge is 0.328 e. The van der Waals surface area contributed by atoms with E-state index in [9.17, 15) is 14.4 Å². The predicted octanol–water partition coefficient (Wildman–Crippen LogP) is 2.37. The Bertz CT molecular complexity index is 824. The van der Waals surface area contributed by atoms with Gasteiger partial charge in [0, 0.05) is 42.7 Å². The minimum Gasteiger partial charge on any atom is -0.494 e. The Labute approximate surface area is 174 Å². The zero-order valence-corrected chi connectivity index (χ0v) is 16.5. The largest absolute Gasteiger partial charge is 0.494 e. The molecule has 2 aromatic rings. The lowest BCUT2D eigenvalue weighted by molar-refractivity contribution is -0.134. The molecule has 1 aromatic heterocycles. The summed E-state index contributed by atoms with van der Waals surface area (Å²) in [5.41, 5.74) is 1.86. The van der Waals surface area contributed by atoms with Crippen molar-refractivity contribution in [3.05, 3.63) is 60.2 Å². The number of carbonyl (C=O) groups excluding carboxylic acids is 1. The first-order valence-corrected chi connectivity index (χ1v) is 9.59. The molecule has 1 aliphatic rings. The molecule has 1 aliphatic heterocycles. The molecule has 0 radical (unpaired) electrons. The maximum absolute atomic E-state index is 12.2. The van der Waals surface area contributed by atoms with Crippen LogP contribution in [0.5, 0.6) is 5.75 Å². The van der Waals surface area contributed by atoms with Crippen LogP contribution in [0.1, 0.15) is 35.3 Å². The number of aromatic nitrogens is 2. The number of imidazole rings is 1. The molecule has 0 aliphatic carbocycles. The van der Waals surface area contributed by atoms with Gasteiger partial charge in [-0.05, 0) is 49.9 Å². The molecule has 0 atom stereocenters. The number of carboxylic acids is 2. The van der Waals surface area contributed by atoms with E-state index >= 15 is 0 Å². The number of aliphatic carboxylic acids is 2. The van der Waals surface area contributed by atoms with Gasteiger partial charge in [0.15, 0.2) is 0 Å². The van der Waals surface area contributed by atoms with Crippen molar-refractivity contribution in [3.8, 4) is 5.75 Å². The van der Waals surface area contributed by atoms with Crippen molar-refractivity contribution >= 4 is 17.8 Å². The number of rotatable bonds is 8. The fourth-order valence-electron chi connectivity index (χ4n) is 2.81. The van der Waals surface area contributed by atoms with Crippen molar-refractivity contribution in [3.63, 3.8) is 0 Å². The number of carboxylic acid groups (broad SMARTS) is 2. The summed E-state index contributed by atoms with van der Waals surface area (Å²) in [4.78, 5) is 40.3. The minimum atomic E-state index is -1.26. The maximum Gasteiger partial charge on any atom is 0.328 e. The van der Waals surface area contributed by atoms with Gasteiger partial charge in [0.25, 0.3) is 5.91 Å². The third kappa shape index (κ3) is 8.17. The standard InChI is InChI=1S/C17H21N3O2.C4H4O4/c21-17(20-9-1-2-10-20)14-5-7-16(8-6-14)22-11-3-4-15-12-18-13-19-15;5-3(6)1-2-4(7)8/h5-8,12-13H,1-4,9-11H2,(H,18,19);1-2H,(H,5,6)(H,7,8)/b;2-1-. The van der Waals surface area contributed by atoms with E-state index in [1.165, 1.54) is 0 Å². The van der Waals surface area contributed by atoms with Crippen molar-refractivity contribution in [1.29, 1.82) is 0 Å². The number of aromatic amines is 1. The summed E-state index contributed by atoms with van der Waals surface area (Å²) in [6, 6.07) is 7.45. The number of hydrogen-bond acceptors (Lipinski definition) is 5. The first kappa shape index (κ1) is 22.7. The summed E-state index contributed by atoms with van der Waals surface area (Å²) in [5.74, 6) is -1.58. The number of aryl methyl sites for hydroxylation is 1. The highest BCUT2D eigenvalue weighted by atomic mass is 16.5. The van der Waals surface area contributed by atoms with Gasteiger partial charge in [-0.15, -0.1) is 0 Å². The Balaban J connectivity index is 0.000000343. The van der Waals surface area contributed by atoms with Crippen molar-refractivity contribution < 1.29 is 29.3 Å². The molecule has 3 rings (SSSR count). The highest BCUT2D eigenvalue weighted by Crippen LogP contribution is 2.17. The third-order valence-electron chi connectivity index (χ3n) is 4.28. The first-order valence-electron chi connectivity index (χ1n) is 9.59. The van der Waals surface area contributed by atoms with Gasteiger partial charge >= 0.3 is 11.9 Å². The van der Waals surface area contributed by atoms with E-state index in [1.54, 1.807) is 6.33 Å². The molecular formula is C21H25N3O6. The topological polar surface area (TPSA) is 133 Å². The van der Waals surface area contributed by atoms with Gasteiger partial charge < -0.3 is 24.8 Å². The highest BCUT2D eigenvalue weighted by Gasteiger charge is 2.19. The van der Waals surface area contributed by atoms with E-state index in [0.29, 0.717) is 18.8 Å². The third-order valence-corrected chi connectivity index (χ3v) is 4.28. The van der Waals surface area contributed by atoms with Crippen LogP contribution in [0.4, 0.5) is 0 Å². The number of nitrogens with one attached hydrogen (secondary N) is 1. The summed E-state index contributed by atoms with van der Waals surface area (Å²) in [6.07, 6.45) is 8.71. The summed E-state index contributed by atoms with van der Waals surface area (Å²) < 4.78 is 5.71. The second-order valence-electron chi connectivity index (χ2n) is 6.56. The molecule has 0 unspecified atom stereocenters. The van der Waals surface area contributed by atoms with Gasteiger partial charge in [0.2, 0.25) is 0 Å². The predicted molar refractivity (Wildman–Crippen MR) is 108 cm³/mol. The van der Waals surface area contributed by atoms with Crippen molar-refractivity contribution in [1.82, 2.24) is 14.9 Å². The zero-order valence-electron chi connectivity index (χ0n) is 16.5. The lowest BCUT2D eigenvalue weighted by atomic mass is 10.2. The molecule has 1 saturated heterocycles. The maximum atomic E-state index is 12.2. The molecule has 9 heteroatoms. The molecule has 1 aromatic carbocycles. The monoisotopic (exact) mass is 415 g/mol. The second-order valence-corrected chi connectivity index (χ2v) is 6.56. The van der Waals surface area contributed by atoms with Gasteiger partial charge in [-0.3, -0.25) is 4.79 Å². The molecular weight excluding hydrogens is 390 g/mol. The number of amides is 1. The Morgan fingerprint density at radius 3 is 2.23 bits per heavy atom. The van der Waals surface area contributed by atoms with Crippen LogP contribution < -0.4 is 4.74 Å². The Morgan fingerprint density at radius 1 is 1.07 bits per heavy atom. The number of H-pyrrole nitrogens is 1. The van der Waals surface area contributed by atoms with Crippen LogP contribution in [0.15, 0.2) is 48.9 Å². The van der Waals surface area contributed by atoms with Gasteiger partial charge in [0.1, 0.15) is 5.75 Å². The molecule has 9 nitrogen and oxygen atoms in total. The van der Waals surface area contributed by atoms with E-state index in [2.05, 4.69) is 9.97 Å². The number of carbonyl (C=O) groups is 3. The quantitative estimate of drug-likeness (QED) is 0.445. The summed E-state index contributed by atoms with van der Waals surface area (Å²) in [7, 11) is 0. The minimum absolute atomic E-state index is 0.128. The lowest BCUT2D eigenvalue weighted by Crippen LogP contribution is -2.27. The van der Waals surface area contributed by atoms with E-state index in [4.69, 9.17) is 14.9 Å². The molecule has 0 bridgehead atoms. The van der Waals surface area contributed by atoms with Crippen LogP contribution in [-0.4, -0.2) is 62.6 Å². The van der Waals surface area contributed by atoms with E-state index in [0.717, 1.165) is 55.8 Å². The van der Waals surface area contributed by atoms with Crippen LogP contribution in [-0.2, 0) is 16.0 Å². The average molecular weight is 415 g/mol. The normalized spacial score (nSPS) is 13.0. The van der Waals surface area contributed by atoms with Crippen LogP contribution in [0.2, 0.25) is 0 Å². The molecule has 3 N–H and O–H groups in total. The lowest BCUT2D eigenvalue weighted by Gasteiger charge is -2.15. The SMILES string of the molecule is O=C(O)/C=C\C(=O)O.O=C(c1ccc(OCCCc2cnc[nH]2)cc1)N1CCCC1. The zero-order chi connectivity index (χ0) is 21.8. The number of nitrogens with zero attached hydrogens (tertiary/aromatic N) is 2. The fraction of sp³-hybridized carbons (Fsp3) is 0.333. The van der Waals surface area contributed by atoms with Gasteiger partial charge in [-0.25, -0.2) is 14.6 Å². The van der Waals surface area contributed by atoms with Crippen LogP contribution in [0.25, 0.3) is 0 Å². The van der Waals surface area contributed by atoms with Crippen molar-refractivity contribution in [2.45, 2.75) is 25.7 Å². The van der Waals surface area contributed by atoms with E-state index in [-0.39, 0.29) is 5.91 Å². The average Bonchev–Trinajstić information content (AvgIpc) is 3.44. The Morgan fingerprint density at radius 2 is 1.70 bits per heavy atom. The van der Waals surface area contributed by atoms with Gasteiger partial charge in [-0.2, -0.15) is 0 Å². The summed E-state index contributed by atoms with van der Waals surface area (Å²) in [6.45, 7) is 2.41. The molecule has 1 fully saturated rings. The van der Waals surface area contributed by atoms with Crippen molar-refractivity contribution in [2.75, 3.05) is 19.7 Å². The second kappa shape index (κ2) is 12.1. The number of ether oxygens (including phenoxy) is 1. The molecule has 160 valence electrons. The molecule has 1 amide bonds. The Hall–Kier alpha value is -3.62. The van der Waals surface area contributed by atoms with Crippen LogP contribution in [0.3, 0.4) is 0 Å². The first-order chi connectivity index (χ1) is 14.5. The van der Waals surface area contributed by atoms with E-state index < -0.39 is 11.9 Å². The fourth-order valence-corrected chi connectivity index (χ4v) is 2.81. The number of benzene rings is 1. The summed E-state index contributed by atoms with van der Waals surface area (Å²) in [5, 5.41) is 15.6. The summed E-state index contributed by atoms with van der Waals surface area (Å²) >= 11 is 0. The van der Waals surface area contributed by atoms with Crippen molar-refractivity contribution in [2.24, 2.45) is 0 Å².